The number of nitrogens with one attached hydrogen (secondary N) is 1. The Balaban J connectivity index is 2.62. The molecular weight excluding hydrogens is 292 g/mol. The molecule has 1 rings (SSSR count). The van der Waals surface area contributed by atoms with Crippen LogP contribution in [0.4, 0.5) is 0 Å². The van der Waals surface area contributed by atoms with Gasteiger partial charge in [-0.05, 0) is 19.2 Å². The van der Waals surface area contributed by atoms with Crippen LogP contribution in [0.1, 0.15) is 12.5 Å². The summed E-state index contributed by atoms with van der Waals surface area (Å²) in [6, 6.07) is 3.68. The Morgan fingerprint density at radius 1 is 1.52 bits per heavy atom. The molecule has 1 heterocycles. The molecule has 0 radical (unpaired) electrons. The van der Waals surface area contributed by atoms with Crippen molar-refractivity contribution in [2.24, 2.45) is 0 Å². The molecule has 6 nitrogen and oxygen atoms in total. The van der Waals surface area contributed by atoms with Crippen molar-refractivity contribution in [3.05, 3.63) is 34.8 Å². The largest absolute Gasteiger partial charge is 0.472 e. The fraction of sp³-hybridized carbons (Fsp3) is 0.429. The van der Waals surface area contributed by atoms with Gasteiger partial charge in [0.2, 0.25) is 0 Å². The highest BCUT2D eigenvalue weighted by molar-refractivity contribution is 8.02. The number of rotatable bonds is 9. The van der Waals surface area contributed by atoms with E-state index >= 15 is 0 Å². The summed E-state index contributed by atoms with van der Waals surface area (Å²) in [6.07, 6.45) is 4.94. The predicted octanol–water partition coefficient (Wildman–Crippen LogP) is 2.05. The number of hydrogen-bond donors (Lipinski definition) is 1. The predicted molar refractivity (Wildman–Crippen MR) is 79.2 cm³/mol. The summed E-state index contributed by atoms with van der Waals surface area (Å²) in [5, 5.41) is 12.7. The molecule has 1 aromatic rings. The lowest BCUT2D eigenvalue weighted by molar-refractivity contribution is -0.140. The Labute approximate surface area is 128 Å². The van der Waals surface area contributed by atoms with E-state index in [2.05, 4.69) is 5.32 Å². The summed E-state index contributed by atoms with van der Waals surface area (Å²) < 4.78 is 15.0. The fourth-order valence-electron chi connectivity index (χ4n) is 1.44. The molecule has 0 amide bonds. The number of carbonyl (C=O) groups is 1. The lowest BCUT2D eigenvalue weighted by Crippen LogP contribution is -2.18. The number of thioether (sulfide) groups is 1. The third-order valence-electron chi connectivity index (χ3n) is 2.45. The lowest BCUT2D eigenvalue weighted by atomic mass is 10.3. The van der Waals surface area contributed by atoms with Crippen molar-refractivity contribution in [3.63, 3.8) is 0 Å². The van der Waals surface area contributed by atoms with E-state index in [1.165, 1.54) is 11.8 Å². The highest BCUT2D eigenvalue weighted by atomic mass is 32.2. The van der Waals surface area contributed by atoms with Crippen LogP contribution in [0.25, 0.3) is 0 Å². The first kappa shape index (κ1) is 17.1. The zero-order valence-corrected chi connectivity index (χ0v) is 12.9. The normalized spacial score (nSPS) is 11.5. The third-order valence-corrected chi connectivity index (χ3v) is 3.20. The maximum Gasteiger partial charge on any atom is 0.351 e. The summed E-state index contributed by atoms with van der Waals surface area (Å²) in [7, 11) is 0. The fourth-order valence-corrected chi connectivity index (χ4v) is 1.99. The Morgan fingerprint density at radius 2 is 2.33 bits per heavy atom. The minimum absolute atomic E-state index is 0.0394. The van der Waals surface area contributed by atoms with E-state index in [0.29, 0.717) is 24.8 Å². The van der Waals surface area contributed by atoms with E-state index in [4.69, 9.17) is 19.2 Å². The molecule has 0 aromatic carbocycles. The molecule has 21 heavy (non-hydrogen) atoms. The van der Waals surface area contributed by atoms with Crippen LogP contribution in [-0.4, -0.2) is 32.0 Å². The van der Waals surface area contributed by atoms with Crippen molar-refractivity contribution in [2.75, 3.05) is 26.1 Å². The van der Waals surface area contributed by atoms with Crippen molar-refractivity contribution in [1.29, 1.82) is 5.26 Å². The molecule has 0 saturated carbocycles. The minimum atomic E-state index is -0.652. The Bertz CT molecular complexity index is 506. The molecule has 0 saturated heterocycles. The number of carbonyl (C=O) groups excluding carboxylic acids is 1. The van der Waals surface area contributed by atoms with Gasteiger partial charge in [0.25, 0.3) is 0 Å². The average molecular weight is 310 g/mol. The lowest BCUT2D eigenvalue weighted by Gasteiger charge is -2.10. The van der Waals surface area contributed by atoms with Crippen molar-refractivity contribution >= 4 is 17.7 Å². The van der Waals surface area contributed by atoms with E-state index in [9.17, 15) is 4.79 Å². The molecule has 7 heteroatoms. The quantitative estimate of drug-likeness (QED) is 0.323. The maximum absolute atomic E-state index is 11.9. The maximum atomic E-state index is 11.9. The molecule has 0 bridgehead atoms. The Hall–Kier alpha value is -1.91. The molecule has 0 unspecified atom stereocenters. The molecule has 0 aliphatic heterocycles. The van der Waals surface area contributed by atoms with Crippen molar-refractivity contribution < 1.29 is 18.7 Å². The number of esters is 1. The molecule has 0 spiro atoms. The number of hydrogen-bond acceptors (Lipinski definition) is 7. The van der Waals surface area contributed by atoms with Crippen LogP contribution in [0.2, 0.25) is 0 Å². The summed E-state index contributed by atoms with van der Waals surface area (Å²) >= 11 is 1.28. The summed E-state index contributed by atoms with van der Waals surface area (Å²) in [6.45, 7) is 3.32. The SMILES string of the molecule is CCOCCOC(=O)/C(C#N)=C(/NCc1ccoc1)SC. The summed E-state index contributed by atoms with van der Waals surface area (Å²) in [4.78, 5) is 11.9. The van der Waals surface area contributed by atoms with E-state index in [0.717, 1.165) is 5.56 Å². The number of nitrogens with zero attached hydrogens (tertiary/aromatic N) is 1. The van der Waals surface area contributed by atoms with Gasteiger partial charge >= 0.3 is 5.97 Å². The Kier molecular flexibility index (Phi) is 8.09. The second-order valence-electron chi connectivity index (χ2n) is 3.84. The second-order valence-corrected chi connectivity index (χ2v) is 4.65. The number of furan rings is 1. The zero-order chi connectivity index (χ0) is 15.5. The van der Waals surface area contributed by atoms with Gasteiger partial charge in [-0.3, -0.25) is 0 Å². The van der Waals surface area contributed by atoms with Crippen molar-refractivity contribution in [1.82, 2.24) is 5.32 Å². The van der Waals surface area contributed by atoms with E-state index in [1.54, 1.807) is 24.8 Å². The zero-order valence-electron chi connectivity index (χ0n) is 12.0. The Morgan fingerprint density at radius 3 is 2.90 bits per heavy atom. The van der Waals surface area contributed by atoms with Crippen LogP contribution in [-0.2, 0) is 20.8 Å². The molecule has 114 valence electrons. The molecule has 0 aliphatic carbocycles. The van der Waals surface area contributed by atoms with Crippen molar-refractivity contribution in [2.45, 2.75) is 13.5 Å². The number of nitriles is 1. The molecule has 0 fully saturated rings. The van der Waals surface area contributed by atoms with Gasteiger partial charge in [-0.15, -0.1) is 11.8 Å². The molecule has 0 atom stereocenters. The van der Waals surface area contributed by atoms with Gasteiger partial charge in [0, 0.05) is 18.7 Å². The van der Waals surface area contributed by atoms with Crippen LogP contribution >= 0.6 is 11.8 Å². The van der Waals surface area contributed by atoms with E-state index in [-0.39, 0.29) is 12.2 Å². The molecule has 1 aromatic heterocycles. The average Bonchev–Trinajstić information content (AvgIpc) is 3.01. The highest BCUT2D eigenvalue weighted by Gasteiger charge is 2.16. The summed E-state index contributed by atoms with van der Waals surface area (Å²) in [5.41, 5.74) is 0.881. The van der Waals surface area contributed by atoms with Gasteiger partial charge in [0.05, 0.1) is 24.2 Å². The first-order valence-electron chi connectivity index (χ1n) is 6.41. The standard InChI is InChI=1S/C14H18N2O4S/c1-3-18-6-7-20-14(17)12(8-15)13(21-2)16-9-11-4-5-19-10-11/h4-5,10,16H,3,6-7,9H2,1-2H3/b13-12-. The van der Waals surface area contributed by atoms with Crippen LogP contribution in [0, 0.1) is 11.3 Å². The van der Waals surface area contributed by atoms with E-state index < -0.39 is 5.97 Å². The third kappa shape index (κ3) is 5.94. The van der Waals surface area contributed by atoms with Gasteiger partial charge in [-0.1, -0.05) is 0 Å². The highest BCUT2D eigenvalue weighted by Crippen LogP contribution is 2.16. The number of ether oxygens (including phenoxy) is 2. The van der Waals surface area contributed by atoms with Gasteiger partial charge in [-0.25, -0.2) is 4.79 Å². The van der Waals surface area contributed by atoms with Crippen molar-refractivity contribution in [3.8, 4) is 6.07 Å². The first-order chi connectivity index (χ1) is 10.2. The molecular formula is C14H18N2O4S. The van der Waals surface area contributed by atoms with Gasteiger partial charge in [0.1, 0.15) is 12.7 Å². The van der Waals surface area contributed by atoms with E-state index in [1.807, 2.05) is 13.0 Å². The smallest absolute Gasteiger partial charge is 0.351 e. The minimum Gasteiger partial charge on any atom is -0.472 e. The summed E-state index contributed by atoms with van der Waals surface area (Å²) in [5.74, 6) is -0.652. The molecule has 1 N–H and O–H groups in total. The van der Waals surface area contributed by atoms with Gasteiger partial charge in [-0.2, -0.15) is 5.26 Å². The van der Waals surface area contributed by atoms with Gasteiger partial charge in [0.15, 0.2) is 5.57 Å². The van der Waals surface area contributed by atoms with Crippen LogP contribution in [0.15, 0.2) is 33.6 Å². The first-order valence-corrected chi connectivity index (χ1v) is 7.63. The van der Waals surface area contributed by atoms with Crippen LogP contribution < -0.4 is 5.32 Å². The monoisotopic (exact) mass is 310 g/mol. The molecule has 0 aliphatic rings. The van der Waals surface area contributed by atoms with Gasteiger partial charge < -0.3 is 19.2 Å². The van der Waals surface area contributed by atoms with Crippen LogP contribution in [0.5, 0.6) is 0 Å². The van der Waals surface area contributed by atoms with Crippen LogP contribution in [0.3, 0.4) is 0 Å². The second kappa shape index (κ2) is 9.91. The topological polar surface area (TPSA) is 84.5 Å².